The van der Waals surface area contributed by atoms with Crippen molar-refractivity contribution in [2.24, 2.45) is 11.8 Å². The zero-order valence-electron chi connectivity index (χ0n) is 43.9. The maximum absolute atomic E-state index is 12.8. The van der Waals surface area contributed by atoms with Gasteiger partial charge in [-0.05, 0) is 31.1 Å². The molecule has 0 bridgehead atoms. The van der Waals surface area contributed by atoms with Gasteiger partial charge >= 0.3 is 17.9 Å². The van der Waals surface area contributed by atoms with E-state index < -0.39 is 6.10 Å². The molecule has 0 aliphatic heterocycles. The number of unbranched alkanes of at least 4 members (excludes halogenated alkanes) is 37. The highest BCUT2D eigenvalue weighted by Gasteiger charge is 2.19. The molecule has 0 saturated heterocycles. The standard InChI is InChI=1S/C58H112O6/c1-6-7-8-9-10-11-12-13-14-15-16-17-18-22-28-33-38-43-48-56(59)62-51-55(64-58(61)50-45-40-35-30-25-24-27-32-37-42-47-54(4)5)52-63-57(60)49-44-39-34-29-23-20-19-21-26-31-36-41-46-53(2)3/h53-55H,6-52H2,1-5H3/t55-/m1/s1. The van der Waals surface area contributed by atoms with Gasteiger partial charge in [-0.25, -0.2) is 0 Å². The predicted molar refractivity (Wildman–Crippen MR) is 275 cm³/mol. The van der Waals surface area contributed by atoms with Crippen LogP contribution in [0.1, 0.15) is 324 Å². The third-order valence-electron chi connectivity index (χ3n) is 13.2. The molecular weight excluding hydrogens is 793 g/mol. The van der Waals surface area contributed by atoms with Gasteiger partial charge in [0, 0.05) is 19.3 Å². The Morgan fingerprint density at radius 2 is 0.516 bits per heavy atom. The molecule has 0 saturated carbocycles. The van der Waals surface area contributed by atoms with Crippen LogP contribution in [0.2, 0.25) is 0 Å². The molecule has 0 aliphatic rings. The van der Waals surface area contributed by atoms with Crippen molar-refractivity contribution in [3.05, 3.63) is 0 Å². The third-order valence-corrected chi connectivity index (χ3v) is 13.2. The molecule has 0 aromatic carbocycles. The molecule has 0 spiro atoms. The van der Waals surface area contributed by atoms with Crippen LogP contribution in [0.3, 0.4) is 0 Å². The fourth-order valence-corrected chi connectivity index (χ4v) is 8.87. The van der Waals surface area contributed by atoms with Crippen LogP contribution in [-0.2, 0) is 28.6 Å². The third kappa shape index (κ3) is 51.4. The Balaban J connectivity index is 4.28. The number of ether oxygens (including phenoxy) is 3. The Bertz CT molecular complexity index is 978. The normalized spacial score (nSPS) is 12.0. The van der Waals surface area contributed by atoms with Crippen molar-refractivity contribution in [1.82, 2.24) is 0 Å². The van der Waals surface area contributed by atoms with Crippen LogP contribution < -0.4 is 0 Å². The molecule has 0 heterocycles. The summed E-state index contributed by atoms with van der Waals surface area (Å²) in [4.78, 5) is 38.1. The molecule has 6 nitrogen and oxygen atoms in total. The van der Waals surface area contributed by atoms with Crippen molar-refractivity contribution in [3.8, 4) is 0 Å². The van der Waals surface area contributed by atoms with Crippen LogP contribution in [-0.4, -0.2) is 37.2 Å². The van der Waals surface area contributed by atoms with Gasteiger partial charge in [-0.2, -0.15) is 0 Å². The number of esters is 3. The minimum atomic E-state index is -0.763. The zero-order valence-corrected chi connectivity index (χ0v) is 43.9. The lowest BCUT2D eigenvalue weighted by Crippen LogP contribution is -2.30. The lowest BCUT2D eigenvalue weighted by molar-refractivity contribution is -0.167. The van der Waals surface area contributed by atoms with Crippen molar-refractivity contribution in [2.45, 2.75) is 330 Å². The minimum absolute atomic E-state index is 0.0630. The van der Waals surface area contributed by atoms with E-state index in [-0.39, 0.29) is 31.1 Å². The molecule has 0 aromatic rings. The van der Waals surface area contributed by atoms with Gasteiger partial charge in [-0.1, -0.05) is 285 Å². The Morgan fingerprint density at radius 1 is 0.297 bits per heavy atom. The molecule has 0 amide bonds. The van der Waals surface area contributed by atoms with E-state index in [4.69, 9.17) is 14.2 Å². The molecule has 6 heteroatoms. The maximum Gasteiger partial charge on any atom is 0.306 e. The SMILES string of the molecule is CCCCCCCCCCCCCCCCCCCCC(=O)OC[C@H](COC(=O)CCCCCCCCCCCCCCC(C)C)OC(=O)CCCCCCCCCCCCC(C)C. The summed E-state index contributed by atoms with van der Waals surface area (Å²) in [5.74, 6) is 0.809. The van der Waals surface area contributed by atoms with Gasteiger partial charge < -0.3 is 14.2 Å². The highest BCUT2D eigenvalue weighted by atomic mass is 16.6. The first-order valence-electron chi connectivity index (χ1n) is 28.7. The lowest BCUT2D eigenvalue weighted by Gasteiger charge is -2.18. The van der Waals surface area contributed by atoms with Gasteiger partial charge in [0.2, 0.25) is 0 Å². The van der Waals surface area contributed by atoms with E-state index in [1.54, 1.807) is 0 Å². The molecule has 0 N–H and O–H groups in total. The van der Waals surface area contributed by atoms with Crippen LogP contribution in [0, 0.1) is 11.8 Å². The van der Waals surface area contributed by atoms with Crippen LogP contribution in [0.5, 0.6) is 0 Å². The highest BCUT2D eigenvalue weighted by Crippen LogP contribution is 2.18. The zero-order chi connectivity index (χ0) is 46.8. The Morgan fingerprint density at radius 3 is 0.766 bits per heavy atom. The molecule has 0 aliphatic carbocycles. The monoisotopic (exact) mass is 905 g/mol. The Kier molecular flexibility index (Phi) is 49.6. The first-order chi connectivity index (χ1) is 31.2. The molecule has 64 heavy (non-hydrogen) atoms. The molecule has 0 unspecified atom stereocenters. The first-order valence-corrected chi connectivity index (χ1v) is 28.7. The quantitative estimate of drug-likeness (QED) is 0.0344. The Hall–Kier alpha value is -1.59. The van der Waals surface area contributed by atoms with Crippen LogP contribution >= 0.6 is 0 Å². The molecular formula is C58H112O6. The van der Waals surface area contributed by atoms with Crippen molar-refractivity contribution in [3.63, 3.8) is 0 Å². The number of rotatable bonds is 52. The summed E-state index contributed by atoms with van der Waals surface area (Å²) in [5, 5.41) is 0. The van der Waals surface area contributed by atoms with E-state index in [1.165, 1.54) is 212 Å². The summed E-state index contributed by atoms with van der Waals surface area (Å²) < 4.78 is 16.9. The summed E-state index contributed by atoms with van der Waals surface area (Å²) in [6.45, 7) is 11.4. The van der Waals surface area contributed by atoms with E-state index in [1.807, 2.05) is 0 Å². The topological polar surface area (TPSA) is 78.9 Å². The summed E-state index contributed by atoms with van der Waals surface area (Å²) in [6, 6.07) is 0. The van der Waals surface area contributed by atoms with Gasteiger partial charge in [0.15, 0.2) is 6.10 Å². The fraction of sp³-hybridized carbons (Fsp3) is 0.948. The van der Waals surface area contributed by atoms with Gasteiger partial charge in [0.1, 0.15) is 13.2 Å². The van der Waals surface area contributed by atoms with Crippen molar-refractivity contribution >= 4 is 17.9 Å². The van der Waals surface area contributed by atoms with E-state index in [0.717, 1.165) is 69.6 Å². The maximum atomic E-state index is 12.8. The van der Waals surface area contributed by atoms with Crippen LogP contribution in [0.25, 0.3) is 0 Å². The van der Waals surface area contributed by atoms with E-state index in [0.29, 0.717) is 19.3 Å². The van der Waals surface area contributed by atoms with E-state index >= 15 is 0 Å². The molecule has 0 fully saturated rings. The summed E-state index contributed by atoms with van der Waals surface area (Å²) >= 11 is 0. The second-order valence-electron chi connectivity index (χ2n) is 20.9. The van der Waals surface area contributed by atoms with Crippen molar-refractivity contribution in [2.75, 3.05) is 13.2 Å². The van der Waals surface area contributed by atoms with E-state index in [9.17, 15) is 14.4 Å². The number of carbonyl (C=O) groups is 3. The summed E-state index contributed by atoms with van der Waals surface area (Å²) in [6.07, 6.45) is 53.8. The average molecular weight is 906 g/mol. The van der Waals surface area contributed by atoms with E-state index in [2.05, 4.69) is 34.6 Å². The largest absolute Gasteiger partial charge is 0.462 e. The van der Waals surface area contributed by atoms with Crippen molar-refractivity contribution < 1.29 is 28.6 Å². The highest BCUT2D eigenvalue weighted by molar-refractivity contribution is 5.71. The second kappa shape index (κ2) is 50.8. The first kappa shape index (κ1) is 62.4. The Labute approximate surface area is 399 Å². The smallest absolute Gasteiger partial charge is 0.306 e. The molecule has 0 aromatic heterocycles. The molecule has 1 atom stereocenters. The summed E-state index contributed by atoms with van der Waals surface area (Å²) in [5.41, 5.74) is 0. The summed E-state index contributed by atoms with van der Waals surface area (Å²) in [7, 11) is 0. The van der Waals surface area contributed by atoms with Gasteiger partial charge in [-0.15, -0.1) is 0 Å². The number of hydrogen-bond acceptors (Lipinski definition) is 6. The molecule has 0 radical (unpaired) electrons. The minimum Gasteiger partial charge on any atom is -0.462 e. The second-order valence-corrected chi connectivity index (χ2v) is 20.9. The fourth-order valence-electron chi connectivity index (χ4n) is 8.87. The molecule has 0 rings (SSSR count). The van der Waals surface area contributed by atoms with Gasteiger partial charge in [0.25, 0.3) is 0 Å². The van der Waals surface area contributed by atoms with Crippen LogP contribution in [0.15, 0.2) is 0 Å². The average Bonchev–Trinajstić information content (AvgIpc) is 3.27. The number of hydrogen-bond donors (Lipinski definition) is 0. The predicted octanol–water partition coefficient (Wildman–Crippen LogP) is 18.9. The number of carbonyl (C=O) groups excluding carboxylic acids is 3. The van der Waals surface area contributed by atoms with Crippen LogP contribution in [0.4, 0.5) is 0 Å². The van der Waals surface area contributed by atoms with Crippen molar-refractivity contribution in [1.29, 1.82) is 0 Å². The van der Waals surface area contributed by atoms with Gasteiger partial charge in [0.05, 0.1) is 0 Å². The molecule has 380 valence electrons. The van der Waals surface area contributed by atoms with Gasteiger partial charge in [-0.3, -0.25) is 14.4 Å². The lowest BCUT2D eigenvalue weighted by atomic mass is 10.0.